The van der Waals surface area contributed by atoms with Gasteiger partial charge in [0.1, 0.15) is 18.5 Å². The molecule has 3 heterocycles. The van der Waals surface area contributed by atoms with Gasteiger partial charge in [-0.1, -0.05) is 0 Å². The molecule has 0 aromatic carbocycles. The van der Waals surface area contributed by atoms with Gasteiger partial charge in [-0.15, -0.1) is 0 Å². The van der Waals surface area contributed by atoms with Crippen molar-refractivity contribution in [2.24, 2.45) is 0 Å². The number of nitrogens with two attached hydrogens (primary N) is 1. The summed E-state index contributed by atoms with van der Waals surface area (Å²) in [5, 5.41) is 3.98. The molecule has 0 aliphatic rings. The van der Waals surface area contributed by atoms with Gasteiger partial charge >= 0.3 is 0 Å². The van der Waals surface area contributed by atoms with Gasteiger partial charge in [0.15, 0.2) is 17.4 Å². The van der Waals surface area contributed by atoms with Crippen LogP contribution >= 0.6 is 0 Å². The van der Waals surface area contributed by atoms with Crippen LogP contribution in [0.4, 0.5) is 5.82 Å². The highest BCUT2D eigenvalue weighted by molar-refractivity contribution is 5.52. The molecule has 17 heavy (non-hydrogen) atoms. The van der Waals surface area contributed by atoms with E-state index in [2.05, 4.69) is 20.1 Å². The molecule has 0 bridgehead atoms. The van der Waals surface area contributed by atoms with Gasteiger partial charge in [-0.2, -0.15) is 5.10 Å². The van der Waals surface area contributed by atoms with Crippen molar-refractivity contribution in [1.29, 1.82) is 0 Å². The van der Waals surface area contributed by atoms with Crippen LogP contribution in [0.25, 0.3) is 17.4 Å². The van der Waals surface area contributed by atoms with Crippen molar-refractivity contribution in [2.75, 3.05) is 5.73 Å². The highest BCUT2D eigenvalue weighted by Gasteiger charge is 2.09. The third-order valence-corrected chi connectivity index (χ3v) is 2.13. The van der Waals surface area contributed by atoms with Crippen LogP contribution in [0.2, 0.25) is 0 Å². The summed E-state index contributed by atoms with van der Waals surface area (Å²) in [5.74, 6) is 1.86. The molecule has 3 aromatic rings. The number of nitrogen functional groups attached to an aromatic ring is 1. The fourth-order valence-corrected chi connectivity index (χ4v) is 1.41. The molecule has 3 rings (SSSR count). The van der Waals surface area contributed by atoms with E-state index in [1.54, 1.807) is 24.5 Å². The minimum Gasteiger partial charge on any atom is -0.461 e. The van der Waals surface area contributed by atoms with Crippen LogP contribution in [0.1, 0.15) is 0 Å². The minimum atomic E-state index is 0.344. The van der Waals surface area contributed by atoms with Crippen LogP contribution in [0.15, 0.2) is 41.5 Å². The highest BCUT2D eigenvalue weighted by Crippen LogP contribution is 2.18. The maximum Gasteiger partial charge on any atom is 0.199 e. The average Bonchev–Trinajstić information content (AvgIpc) is 3.02. The summed E-state index contributed by atoms with van der Waals surface area (Å²) in [4.78, 5) is 12.2. The van der Waals surface area contributed by atoms with Crippen molar-refractivity contribution >= 4 is 5.82 Å². The second-order valence-electron chi connectivity index (χ2n) is 3.29. The zero-order valence-electron chi connectivity index (χ0n) is 8.69. The van der Waals surface area contributed by atoms with Crippen molar-refractivity contribution in [3.63, 3.8) is 0 Å². The van der Waals surface area contributed by atoms with Gasteiger partial charge in [0.05, 0.1) is 6.26 Å². The van der Waals surface area contributed by atoms with Gasteiger partial charge in [-0.05, 0) is 12.1 Å². The number of rotatable bonds is 2. The Kier molecular flexibility index (Phi) is 2.08. The SMILES string of the molecule is Nc1cc(-n2cncn2)nc(-c2ccco2)n1. The lowest BCUT2D eigenvalue weighted by Gasteiger charge is -2.03. The molecule has 7 nitrogen and oxygen atoms in total. The monoisotopic (exact) mass is 228 g/mol. The number of hydrogen-bond donors (Lipinski definition) is 1. The molecule has 3 aromatic heterocycles. The molecule has 0 saturated heterocycles. The zero-order valence-corrected chi connectivity index (χ0v) is 8.69. The maximum atomic E-state index is 5.72. The first-order valence-corrected chi connectivity index (χ1v) is 4.86. The average molecular weight is 228 g/mol. The van der Waals surface area contributed by atoms with E-state index in [0.717, 1.165) is 0 Å². The number of furan rings is 1. The summed E-state index contributed by atoms with van der Waals surface area (Å²) in [7, 11) is 0. The Bertz CT molecular complexity index is 564. The van der Waals surface area contributed by atoms with E-state index in [-0.39, 0.29) is 0 Å². The first-order valence-electron chi connectivity index (χ1n) is 4.86. The fourth-order valence-electron chi connectivity index (χ4n) is 1.41. The van der Waals surface area contributed by atoms with E-state index in [4.69, 9.17) is 10.2 Å². The van der Waals surface area contributed by atoms with E-state index < -0.39 is 0 Å². The predicted octanol–water partition coefficient (Wildman–Crippen LogP) is 0.899. The van der Waals surface area contributed by atoms with Gasteiger partial charge in [0.2, 0.25) is 0 Å². The molecular formula is C10H8N6O. The van der Waals surface area contributed by atoms with Crippen LogP contribution < -0.4 is 5.73 Å². The molecule has 0 aliphatic heterocycles. The summed E-state index contributed by atoms with van der Waals surface area (Å²) in [6.45, 7) is 0. The Morgan fingerprint density at radius 1 is 1.29 bits per heavy atom. The number of aromatic nitrogens is 5. The van der Waals surface area contributed by atoms with Crippen molar-refractivity contribution in [2.45, 2.75) is 0 Å². The molecule has 0 saturated carbocycles. The molecular weight excluding hydrogens is 220 g/mol. The summed E-state index contributed by atoms with van der Waals surface area (Å²) >= 11 is 0. The minimum absolute atomic E-state index is 0.344. The Labute approximate surface area is 95.9 Å². The third-order valence-electron chi connectivity index (χ3n) is 2.13. The van der Waals surface area contributed by atoms with E-state index in [1.807, 2.05) is 0 Å². The summed E-state index contributed by atoms with van der Waals surface area (Å²) in [5.41, 5.74) is 5.72. The van der Waals surface area contributed by atoms with E-state index >= 15 is 0 Å². The van der Waals surface area contributed by atoms with Crippen molar-refractivity contribution in [3.05, 3.63) is 37.1 Å². The Morgan fingerprint density at radius 2 is 2.24 bits per heavy atom. The summed E-state index contributed by atoms with van der Waals surface area (Å²) in [6, 6.07) is 5.14. The van der Waals surface area contributed by atoms with Gasteiger partial charge in [-0.25, -0.2) is 19.6 Å². The fraction of sp³-hybridized carbons (Fsp3) is 0. The van der Waals surface area contributed by atoms with E-state index in [0.29, 0.717) is 23.2 Å². The molecule has 0 fully saturated rings. The molecule has 2 N–H and O–H groups in total. The Hall–Kier alpha value is -2.70. The van der Waals surface area contributed by atoms with Gasteiger partial charge in [-0.3, -0.25) is 0 Å². The standard InChI is InChI=1S/C10H8N6O/c11-8-4-9(16-6-12-5-13-16)15-10(14-8)7-2-1-3-17-7/h1-6H,(H2,11,14,15). The largest absolute Gasteiger partial charge is 0.461 e. The quantitative estimate of drug-likeness (QED) is 0.700. The van der Waals surface area contributed by atoms with Gasteiger partial charge in [0.25, 0.3) is 0 Å². The lowest BCUT2D eigenvalue weighted by Crippen LogP contribution is -2.03. The van der Waals surface area contributed by atoms with Gasteiger partial charge in [0, 0.05) is 6.07 Å². The summed E-state index contributed by atoms with van der Waals surface area (Å²) < 4.78 is 6.73. The van der Waals surface area contributed by atoms with Gasteiger partial charge < -0.3 is 10.2 Å². The predicted molar refractivity (Wildman–Crippen MR) is 59.1 cm³/mol. The first kappa shape index (κ1) is 9.52. The van der Waals surface area contributed by atoms with Crippen LogP contribution in [0.5, 0.6) is 0 Å². The maximum absolute atomic E-state index is 5.72. The van der Waals surface area contributed by atoms with Crippen LogP contribution in [0.3, 0.4) is 0 Å². The third kappa shape index (κ3) is 1.73. The molecule has 0 unspecified atom stereocenters. The lowest BCUT2D eigenvalue weighted by atomic mass is 10.4. The lowest BCUT2D eigenvalue weighted by molar-refractivity contribution is 0.577. The molecule has 84 valence electrons. The molecule has 7 heteroatoms. The normalized spacial score (nSPS) is 10.6. The highest BCUT2D eigenvalue weighted by atomic mass is 16.3. The second-order valence-corrected chi connectivity index (χ2v) is 3.29. The van der Waals surface area contributed by atoms with E-state index in [9.17, 15) is 0 Å². The topological polar surface area (TPSA) is 95.7 Å². The van der Waals surface area contributed by atoms with Crippen molar-refractivity contribution in [3.8, 4) is 17.4 Å². The number of anilines is 1. The molecule has 0 spiro atoms. The molecule has 0 atom stereocenters. The van der Waals surface area contributed by atoms with E-state index in [1.165, 1.54) is 17.3 Å². The Balaban J connectivity index is 2.13. The molecule has 0 radical (unpaired) electrons. The van der Waals surface area contributed by atoms with Crippen LogP contribution in [-0.4, -0.2) is 24.7 Å². The molecule has 0 amide bonds. The second kappa shape index (κ2) is 3.71. The smallest absolute Gasteiger partial charge is 0.199 e. The van der Waals surface area contributed by atoms with Crippen LogP contribution in [-0.2, 0) is 0 Å². The number of hydrogen-bond acceptors (Lipinski definition) is 6. The van der Waals surface area contributed by atoms with Crippen molar-refractivity contribution in [1.82, 2.24) is 24.7 Å². The van der Waals surface area contributed by atoms with Crippen molar-refractivity contribution < 1.29 is 4.42 Å². The number of nitrogens with zero attached hydrogens (tertiary/aromatic N) is 5. The Morgan fingerprint density at radius 3 is 2.94 bits per heavy atom. The van der Waals surface area contributed by atoms with Crippen LogP contribution in [0, 0.1) is 0 Å². The zero-order chi connectivity index (χ0) is 11.7. The first-order chi connectivity index (χ1) is 8.33. The summed E-state index contributed by atoms with van der Waals surface area (Å²) in [6.07, 6.45) is 4.51. The molecule has 0 aliphatic carbocycles.